The average molecular weight is 225 g/mol. The molecule has 0 spiro atoms. The van der Waals surface area contributed by atoms with Crippen LogP contribution < -0.4 is 5.69 Å². The van der Waals surface area contributed by atoms with Crippen LogP contribution in [0.5, 0.6) is 0 Å². The standard InChI is InChI=1S/C10H15N3OS/c1-8(7-15)6-13-10(14)12-5-3-2-4-9(12)11-13/h15H,1-7H2. The van der Waals surface area contributed by atoms with Crippen LogP contribution in [0.3, 0.4) is 0 Å². The van der Waals surface area contributed by atoms with Crippen LogP contribution in [0, 0.1) is 0 Å². The average Bonchev–Trinajstić information content (AvgIpc) is 2.57. The molecule has 0 atom stereocenters. The van der Waals surface area contributed by atoms with Crippen molar-refractivity contribution in [1.82, 2.24) is 14.3 Å². The van der Waals surface area contributed by atoms with Gasteiger partial charge in [0, 0.05) is 18.7 Å². The van der Waals surface area contributed by atoms with Crippen LogP contribution in [0.2, 0.25) is 0 Å². The molecule has 2 heterocycles. The number of aryl methyl sites for hydroxylation is 1. The molecule has 1 aromatic rings. The van der Waals surface area contributed by atoms with E-state index in [9.17, 15) is 4.79 Å². The summed E-state index contributed by atoms with van der Waals surface area (Å²) in [6.07, 6.45) is 3.12. The Hall–Kier alpha value is -0.970. The first-order valence-corrected chi connectivity index (χ1v) is 5.79. The molecule has 1 aliphatic rings. The molecule has 0 N–H and O–H groups in total. The lowest BCUT2D eigenvalue weighted by Gasteiger charge is -2.09. The predicted molar refractivity (Wildman–Crippen MR) is 62.4 cm³/mol. The molecule has 0 radical (unpaired) electrons. The van der Waals surface area contributed by atoms with Gasteiger partial charge in [-0.1, -0.05) is 6.58 Å². The minimum atomic E-state index is -0.00682. The van der Waals surface area contributed by atoms with Gasteiger partial charge in [-0.05, 0) is 18.4 Å². The number of hydrogen-bond acceptors (Lipinski definition) is 3. The van der Waals surface area contributed by atoms with Crippen molar-refractivity contribution in [3.8, 4) is 0 Å². The molecule has 0 saturated heterocycles. The summed E-state index contributed by atoms with van der Waals surface area (Å²) >= 11 is 4.12. The molecule has 5 heteroatoms. The second kappa shape index (κ2) is 4.26. The van der Waals surface area contributed by atoms with E-state index in [4.69, 9.17) is 0 Å². The first-order chi connectivity index (χ1) is 7.22. The number of fused-ring (bicyclic) bond motifs is 1. The molecule has 0 saturated carbocycles. The van der Waals surface area contributed by atoms with Crippen molar-refractivity contribution in [3.05, 3.63) is 28.5 Å². The summed E-state index contributed by atoms with van der Waals surface area (Å²) in [7, 11) is 0. The SMILES string of the molecule is C=C(CS)Cn1nc2n(c1=O)CCCC2. The quantitative estimate of drug-likeness (QED) is 0.612. The number of hydrogen-bond donors (Lipinski definition) is 1. The summed E-state index contributed by atoms with van der Waals surface area (Å²) in [4.78, 5) is 11.9. The molecular formula is C10H15N3OS. The molecule has 0 bridgehead atoms. The van der Waals surface area contributed by atoms with Crippen LogP contribution in [0.4, 0.5) is 0 Å². The predicted octanol–water partition coefficient (Wildman–Crippen LogP) is 0.867. The zero-order chi connectivity index (χ0) is 10.8. The Bertz CT molecular complexity index is 432. The van der Waals surface area contributed by atoms with Gasteiger partial charge in [0.2, 0.25) is 0 Å². The summed E-state index contributed by atoms with van der Waals surface area (Å²) in [5.41, 5.74) is 0.906. The van der Waals surface area contributed by atoms with Crippen molar-refractivity contribution in [1.29, 1.82) is 0 Å². The van der Waals surface area contributed by atoms with Gasteiger partial charge in [-0.25, -0.2) is 9.48 Å². The molecule has 0 aliphatic carbocycles. The highest BCUT2D eigenvalue weighted by Gasteiger charge is 2.16. The number of nitrogens with zero attached hydrogens (tertiary/aromatic N) is 3. The molecule has 82 valence electrons. The molecule has 0 fully saturated rings. The third-order valence-corrected chi connectivity index (χ3v) is 3.08. The highest BCUT2D eigenvalue weighted by atomic mass is 32.1. The lowest BCUT2D eigenvalue weighted by molar-refractivity contribution is 0.511. The van der Waals surface area contributed by atoms with Crippen molar-refractivity contribution in [2.75, 3.05) is 5.75 Å². The Kier molecular flexibility index (Phi) is 3.00. The zero-order valence-corrected chi connectivity index (χ0v) is 9.54. The van der Waals surface area contributed by atoms with Gasteiger partial charge in [0.15, 0.2) is 0 Å². The zero-order valence-electron chi connectivity index (χ0n) is 8.65. The van der Waals surface area contributed by atoms with Crippen molar-refractivity contribution >= 4 is 12.6 Å². The molecule has 0 aromatic carbocycles. The fraction of sp³-hybridized carbons (Fsp3) is 0.600. The first-order valence-electron chi connectivity index (χ1n) is 5.16. The lowest BCUT2D eigenvalue weighted by Crippen LogP contribution is -2.27. The van der Waals surface area contributed by atoms with Gasteiger partial charge in [0.05, 0.1) is 6.54 Å². The lowest BCUT2D eigenvalue weighted by atomic mass is 10.2. The summed E-state index contributed by atoms with van der Waals surface area (Å²) in [6, 6.07) is 0. The van der Waals surface area contributed by atoms with E-state index in [1.54, 1.807) is 4.57 Å². The molecule has 15 heavy (non-hydrogen) atoms. The second-order valence-corrected chi connectivity index (χ2v) is 4.19. The van der Waals surface area contributed by atoms with Crippen LogP contribution in [-0.4, -0.2) is 20.1 Å². The first kappa shape index (κ1) is 10.5. The highest BCUT2D eigenvalue weighted by Crippen LogP contribution is 2.09. The van der Waals surface area contributed by atoms with Crippen molar-refractivity contribution in [2.45, 2.75) is 32.4 Å². The monoisotopic (exact) mass is 225 g/mol. The fourth-order valence-corrected chi connectivity index (χ4v) is 1.91. The van der Waals surface area contributed by atoms with Gasteiger partial charge in [0.25, 0.3) is 0 Å². The maximum absolute atomic E-state index is 11.9. The molecule has 4 nitrogen and oxygen atoms in total. The van der Waals surface area contributed by atoms with E-state index in [1.165, 1.54) is 4.68 Å². The Labute approximate surface area is 94.0 Å². The molecule has 0 unspecified atom stereocenters. The van der Waals surface area contributed by atoms with Gasteiger partial charge in [-0.15, -0.1) is 0 Å². The van der Waals surface area contributed by atoms with Crippen molar-refractivity contribution in [3.63, 3.8) is 0 Å². The number of thiol groups is 1. The Balaban J connectivity index is 2.29. The number of aromatic nitrogens is 3. The van der Waals surface area contributed by atoms with Crippen molar-refractivity contribution < 1.29 is 0 Å². The van der Waals surface area contributed by atoms with Crippen LogP contribution >= 0.6 is 12.6 Å². The van der Waals surface area contributed by atoms with E-state index in [0.29, 0.717) is 12.3 Å². The van der Waals surface area contributed by atoms with Gasteiger partial charge in [-0.2, -0.15) is 17.7 Å². The molecule has 1 aromatic heterocycles. The van der Waals surface area contributed by atoms with Gasteiger partial charge < -0.3 is 0 Å². The van der Waals surface area contributed by atoms with Gasteiger partial charge >= 0.3 is 5.69 Å². The van der Waals surface area contributed by atoms with Crippen molar-refractivity contribution in [2.24, 2.45) is 0 Å². The van der Waals surface area contributed by atoms with E-state index < -0.39 is 0 Å². The summed E-state index contributed by atoms with van der Waals surface area (Å²) < 4.78 is 3.27. The third kappa shape index (κ3) is 2.02. The minimum absolute atomic E-state index is 0.00682. The van der Waals surface area contributed by atoms with Crippen LogP contribution in [-0.2, 0) is 19.5 Å². The van der Waals surface area contributed by atoms with Crippen LogP contribution in [0.1, 0.15) is 18.7 Å². The van der Waals surface area contributed by atoms with E-state index >= 15 is 0 Å². The van der Waals surface area contributed by atoms with E-state index in [-0.39, 0.29) is 5.69 Å². The van der Waals surface area contributed by atoms with Gasteiger partial charge in [0.1, 0.15) is 5.82 Å². The summed E-state index contributed by atoms with van der Waals surface area (Å²) in [5, 5.41) is 4.31. The van der Waals surface area contributed by atoms with E-state index in [1.807, 2.05) is 0 Å². The molecule has 2 rings (SSSR count). The third-order valence-electron chi connectivity index (χ3n) is 2.63. The highest BCUT2D eigenvalue weighted by molar-refractivity contribution is 7.80. The normalized spacial score (nSPS) is 15.0. The minimum Gasteiger partial charge on any atom is -0.279 e. The molecular weight excluding hydrogens is 210 g/mol. The Morgan fingerprint density at radius 3 is 3.00 bits per heavy atom. The van der Waals surface area contributed by atoms with Crippen LogP contribution in [0.15, 0.2) is 16.9 Å². The largest absolute Gasteiger partial charge is 0.346 e. The topological polar surface area (TPSA) is 39.8 Å². The maximum atomic E-state index is 11.9. The summed E-state index contributed by atoms with van der Waals surface area (Å²) in [6.45, 7) is 5.13. The Morgan fingerprint density at radius 2 is 2.33 bits per heavy atom. The van der Waals surface area contributed by atoms with E-state index in [2.05, 4.69) is 24.3 Å². The second-order valence-electron chi connectivity index (χ2n) is 3.87. The van der Waals surface area contributed by atoms with Crippen LogP contribution in [0.25, 0.3) is 0 Å². The number of rotatable bonds is 3. The summed E-state index contributed by atoms with van der Waals surface area (Å²) in [5.74, 6) is 1.51. The maximum Gasteiger partial charge on any atom is 0.346 e. The molecule has 0 amide bonds. The fourth-order valence-electron chi connectivity index (χ4n) is 1.81. The molecule has 1 aliphatic heterocycles. The van der Waals surface area contributed by atoms with Gasteiger partial charge in [-0.3, -0.25) is 4.57 Å². The Morgan fingerprint density at radius 1 is 1.53 bits per heavy atom. The smallest absolute Gasteiger partial charge is 0.279 e. The van der Waals surface area contributed by atoms with E-state index in [0.717, 1.165) is 37.2 Å².